The number of nitrogens with zero attached hydrogens (tertiary/aromatic N) is 5. The maximum absolute atomic E-state index is 5.93. The number of rotatable bonds is 4. The lowest BCUT2D eigenvalue weighted by atomic mass is 10.4. The topological polar surface area (TPSA) is 80.8 Å². The Kier molecular flexibility index (Phi) is 3.72. The highest BCUT2D eigenvalue weighted by atomic mass is 32.2. The number of thiophene rings is 1. The number of nitrogens with two attached hydrogens (primary N) is 1. The van der Waals surface area contributed by atoms with Gasteiger partial charge in [-0.15, -0.1) is 21.5 Å². The normalized spacial score (nSPS) is 11.1. The number of thioether (sulfide) groups is 1. The van der Waals surface area contributed by atoms with Gasteiger partial charge in [0.1, 0.15) is 16.5 Å². The molecule has 2 N–H and O–H groups in total. The first kappa shape index (κ1) is 13.5. The molecule has 0 aliphatic heterocycles. The van der Waals surface area contributed by atoms with Crippen LogP contribution in [0.25, 0.3) is 10.2 Å². The van der Waals surface area contributed by atoms with Gasteiger partial charge in [0, 0.05) is 14.1 Å². The van der Waals surface area contributed by atoms with Crippen LogP contribution in [0.3, 0.4) is 0 Å². The SMILES string of the molecule is CN(C)c1nnc(SCc2nc(N)c3ccsc3n2)s1. The van der Waals surface area contributed by atoms with Crippen LogP contribution < -0.4 is 10.6 Å². The van der Waals surface area contributed by atoms with Crippen molar-refractivity contribution in [2.75, 3.05) is 24.7 Å². The second kappa shape index (κ2) is 5.51. The van der Waals surface area contributed by atoms with Gasteiger partial charge in [-0.3, -0.25) is 0 Å². The van der Waals surface area contributed by atoms with Gasteiger partial charge in [0.25, 0.3) is 0 Å². The van der Waals surface area contributed by atoms with E-state index in [1.807, 2.05) is 30.4 Å². The molecular formula is C11H12N6S3. The first-order valence-electron chi connectivity index (χ1n) is 5.76. The Morgan fingerprint density at radius 1 is 1.30 bits per heavy atom. The van der Waals surface area contributed by atoms with E-state index in [-0.39, 0.29) is 0 Å². The Morgan fingerprint density at radius 3 is 2.90 bits per heavy atom. The zero-order valence-corrected chi connectivity index (χ0v) is 13.3. The maximum atomic E-state index is 5.93. The van der Waals surface area contributed by atoms with Gasteiger partial charge in [0.05, 0.1) is 11.1 Å². The minimum Gasteiger partial charge on any atom is -0.383 e. The third-order valence-electron chi connectivity index (χ3n) is 2.50. The Hall–Kier alpha value is -1.45. The second-order valence-electron chi connectivity index (χ2n) is 4.20. The molecule has 0 aromatic carbocycles. The van der Waals surface area contributed by atoms with Gasteiger partial charge in [0.2, 0.25) is 5.13 Å². The predicted octanol–water partition coefficient (Wildman–Crippen LogP) is 2.48. The zero-order chi connectivity index (χ0) is 14.1. The predicted molar refractivity (Wildman–Crippen MR) is 85.6 cm³/mol. The molecule has 0 bridgehead atoms. The van der Waals surface area contributed by atoms with Crippen LogP contribution in [-0.4, -0.2) is 34.3 Å². The molecule has 3 aromatic heterocycles. The molecule has 0 spiro atoms. The number of anilines is 2. The van der Waals surface area contributed by atoms with E-state index in [2.05, 4.69) is 20.2 Å². The molecule has 20 heavy (non-hydrogen) atoms. The van der Waals surface area contributed by atoms with Crippen LogP contribution >= 0.6 is 34.4 Å². The third-order valence-corrected chi connectivity index (χ3v) is 5.53. The smallest absolute Gasteiger partial charge is 0.208 e. The molecule has 0 unspecified atom stereocenters. The van der Waals surface area contributed by atoms with Gasteiger partial charge in [-0.05, 0) is 11.4 Å². The standard InChI is InChI=1S/C11H12N6S3/c1-17(2)10-15-16-11(20-10)19-5-7-13-8(12)6-3-4-18-9(6)14-7/h3-4H,5H2,1-2H3,(H2,12,13,14). The van der Waals surface area contributed by atoms with Crippen LogP contribution in [0.1, 0.15) is 5.82 Å². The zero-order valence-electron chi connectivity index (χ0n) is 10.9. The summed E-state index contributed by atoms with van der Waals surface area (Å²) < 4.78 is 0.905. The summed E-state index contributed by atoms with van der Waals surface area (Å²) >= 11 is 4.70. The van der Waals surface area contributed by atoms with Crippen molar-refractivity contribution in [3.8, 4) is 0 Å². The molecule has 0 saturated carbocycles. The Labute approximate surface area is 128 Å². The Bertz CT molecular complexity index is 735. The molecule has 6 nitrogen and oxygen atoms in total. The van der Waals surface area contributed by atoms with Gasteiger partial charge in [-0.2, -0.15) is 0 Å². The molecule has 0 amide bonds. The van der Waals surface area contributed by atoms with E-state index >= 15 is 0 Å². The lowest BCUT2D eigenvalue weighted by molar-refractivity contribution is 0.971. The number of hydrogen-bond donors (Lipinski definition) is 1. The molecular weight excluding hydrogens is 312 g/mol. The number of fused-ring (bicyclic) bond motifs is 1. The van der Waals surface area contributed by atoms with E-state index in [9.17, 15) is 0 Å². The number of nitrogen functional groups attached to an aromatic ring is 1. The number of hydrogen-bond acceptors (Lipinski definition) is 9. The molecule has 3 rings (SSSR count). The van der Waals surface area contributed by atoms with E-state index in [0.29, 0.717) is 11.6 Å². The van der Waals surface area contributed by atoms with Crippen LogP contribution in [0.2, 0.25) is 0 Å². The van der Waals surface area contributed by atoms with Crippen molar-refractivity contribution in [1.29, 1.82) is 0 Å². The highest BCUT2D eigenvalue weighted by Crippen LogP contribution is 2.30. The lowest BCUT2D eigenvalue weighted by Crippen LogP contribution is -2.07. The average molecular weight is 324 g/mol. The summed E-state index contributed by atoms with van der Waals surface area (Å²) in [6, 6.07) is 1.94. The highest BCUT2D eigenvalue weighted by Gasteiger charge is 2.10. The van der Waals surface area contributed by atoms with Crippen molar-refractivity contribution in [2.45, 2.75) is 10.1 Å². The minimum absolute atomic E-state index is 0.540. The highest BCUT2D eigenvalue weighted by molar-refractivity contribution is 8.00. The van der Waals surface area contributed by atoms with Gasteiger partial charge in [-0.25, -0.2) is 9.97 Å². The Morgan fingerprint density at radius 2 is 2.15 bits per heavy atom. The fourth-order valence-corrected chi connectivity index (χ4v) is 3.97. The molecule has 0 radical (unpaired) electrons. The van der Waals surface area contributed by atoms with Crippen molar-refractivity contribution in [2.24, 2.45) is 0 Å². The van der Waals surface area contributed by atoms with Crippen molar-refractivity contribution in [1.82, 2.24) is 20.2 Å². The number of aromatic nitrogens is 4. The lowest BCUT2D eigenvalue weighted by Gasteiger charge is -2.03. The van der Waals surface area contributed by atoms with Gasteiger partial charge in [-0.1, -0.05) is 23.1 Å². The molecule has 104 valence electrons. The monoisotopic (exact) mass is 324 g/mol. The summed E-state index contributed by atoms with van der Waals surface area (Å²) in [4.78, 5) is 11.7. The van der Waals surface area contributed by atoms with Crippen molar-refractivity contribution >= 4 is 55.6 Å². The van der Waals surface area contributed by atoms with Crippen LogP contribution in [0.5, 0.6) is 0 Å². The molecule has 0 atom stereocenters. The van der Waals surface area contributed by atoms with Crippen molar-refractivity contribution < 1.29 is 0 Å². The van der Waals surface area contributed by atoms with Crippen LogP contribution in [0.15, 0.2) is 15.8 Å². The average Bonchev–Trinajstić information content (AvgIpc) is 3.05. The maximum Gasteiger partial charge on any atom is 0.208 e. The molecule has 9 heteroatoms. The Balaban J connectivity index is 1.75. The summed E-state index contributed by atoms with van der Waals surface area (Å²) in [5, 5.41) is 12.0. The third kappa shape index (κ3) is 2.69. The molecule has 0 aliphatic rings. The summed E-state index contributed by atoms with van der Waals surface area (Å²) in [5.41, 5.74) is 5.93. The van der Waals surface area contributed by atoms with Crippen molar-refractivity contribution in [3.63, 3.8) is 0 Å². The van der Waals surface area contributed by atoms with Gasteiger partial charge < -0.3 is 10.6 Å². The largest absolute Gasteiger partial charge is 0.383 e. The molecule has 0 aliphatic carbocycles. The molecule has 3 heterocycles. The van der Waals surface area contributed by atoms with Gasteiger partial charge in [0.15, 0.2) is 4.34 Å². The van der Waals surface area contributed by atoms with E-state index in [0.717, 1.165) is 25.5 Å². The fraction of sp³-hybridized carbons (Fsp3) is 0.273. The van der Waals surface area contributed by atoms with Crippen LogP contribution in [0, 0.1) is 0 Å². The summed E-state index contributed by atoms with van der Waals surface area (Å²) in [6.07, 6.45) is 0. The van der Waals surface area contributed by atoms with E-state index in [4.69, 9.17) is 5.73 Å². The van der Waals surface area contributed by atoms with Crippen LogP contribution in [0.4, 0.5) is 10.9 Å². The second-order valence-corrected chi connectivity index (χ2v) is 7.27. The van der Waals surface area contributed by atoms with Crippen LogP contribution in [-0.2, 0) is 5.75 Å². The quantitative estimate of drug-likeness (QED) is 0.738. The first-order chi connectivity index (χ1) is 9.63. The van der Waals surface area contributed by atoms with E-state index in [1.54, 1.807) is 34.4 Å². The molecule has 0 saturated heterocycles. The van der Waals surface area contributed by atoms with E-state index < -0.39 is 0 Å². The first-order valence-corrected chi connectivity index (χ1v) is 8.45. The van der Waals surface area contributed by atoms with Crippen molar-refractivity contribution in [3.05, 3.63) is 17.3 Å². The summed E-state index contributed by atoms with van der Waals surface area (Å²) in [7, 11) is 3.90. The summed E-state index contributed by atoms with van der Waals surface area (Å²) in [6.45, 7) is 0. The minimum atomic E-state index is 0.540. The molecule has 0 fully saturated rings. The van der Waals surface area contributed by atoms with E-state index in [1.165, 1.54) is 0 Å². The fourth-order valence-electron chi connectivity index (χ4n) is 1.56. The summed E-state index contributed by atoms with van der Waals surface area (Å²) in [5.74, 6) is 1.90. The van der Waals surface area contributed by atoms with Gasteiger partial charge >= 0.3 is 0 Å². The molecule has 3 aromatic rings.